The van der Waals surface area contributed by atoms with Crippen LogP contribution in [-0.4, -0.2) is 72.6 Å². The van der Waals surface area contributed by atoms with Gasteiger partial charge in [0.2, 0.25) is 0 Å². The Morgan fingerprint density at radius 2 is 1.43 bits per heavy atom. The van der Waals surface area contributed by atoms with Crippen LogP contribution < -0.4 is 0 Å². The summed E-state index contributed by atoms with van der Waals surface area (Å²) in [5.41, 5.74) is 0. The third-order valence-electron chi connectivity index (χ3n) is 4.27. The van der Waals surface area contributed by atoms with E-state index >= 15 is 0 Å². The summed E-state index contributed by atoms with van der Waals surface area (Å²) in [5, 5.41) is 0. The molecule has 7 heteroatoms. The van der Waals surface area contributed by atoms with Crippen LogP contribution in [0.1, 0.15) is 33.6 Å². The zero-order chi connectivity index (χ0) is 17.3. The van der Waals surface area contributed by atoms with Gasteiger partial charge in [0.15, 0.2) is 0 Å². The normalized spacial score (nSPS) is 18.5. The minimum Gasteiger partial charge on any atom is -0.374 e. The molecule has 0 aromatic carbocycles. The molecule has 1 heterocycles. The SMILES string of the molecule is CCO[Si](CCCN1CCCN([Si](C)(C)C)C1)(OCC)OCC. The number of hydrogen-bond donors (Lipinski definition) is 0. The van der Waals surface area contributed by atoms with Gasteiger partial charge in [-0.2, -0.15) is 0 Å². The average molecular weight is 363 g/mol. The van der Waals surface area contributed by atoms with Gasteiger partial charge in [0.1, 0.15) is 8.24 Å². The van der Waals surface area contributed by atoms with E-state index in [9.17, 15) is 0 Å². The van der Waals surface area contributed by atoms with Gasteiger partial charge in [-0.05, 0) is 46.7 Å². The smallest absolute Gasteiger partial charge is 0.374 e. The number of nitrogens with zero attached hydrogens (tertiary/aromatic N) is 2. The topological polar surface area (TPSA) is 34.2 Å². The molecule has 1 aliphatic heterocycles. The quantitative estimate of drug-likeness (QED) is 0.527. The summed E-state index contributed by atoms with van der Waals surface area (Å²) in [4.78, 5) is 2.59. The van der Waals surface area contributed by atoms with Crippen LogP contribution in [0.4, 0.5) is 0 Å². The average Bonchev–Trinajstić information content (AvgIpc) is 2.47. The van der Waals surface area contributed by atoms with Crippen LogP contribution in [0.15, 0.2) is 0 Å². The molecule has 0 N–H and O–H groups in total. The highest BCUT2D eigenvalue weighted by Crippen LogP contribution is 2.20. The van der Waals surface area contributed by atoms with E-state index in [1.165, 1.54) is 19.5 Å². The Bertz CT molecular complexity index is 310. The molecular formula is C16H38N2O3Si2. The lowest BCUT2D eigenvalue weighted by Gasteiger charge is -2.42. The van der Waals surface area contributed by atoms with Crippen molar-refractivity contribution < 1.29 is 13.3 Å². The molecular weight excluding hydrogens is 324 g/mol. The van der Waals surface area contributed by atoms with Gasteiger partial charge in [-0.1, -0.05) is 19.6 Å². The van der Waals surface area contributed by atoms with Gasteiger partial charge in [-0.3, -0.25) is 4.90 Å². The van der Waals surface area contributed by atoms with E-state index in [-0.39, 0.29) is 0 Å². The maximum absolute atomic E-state index is 5.95. The largest absolute Gasteiger partial charge is 0.500 e. The minimum atomic E-state index is -2.47. The molecule has 0 bridgehead atoms. The van der Waals surface area contributed by atoms with E-state index in [2.05, 4.69) is 29.1 Å². The summed E-state index contributed by atoms with van der Waals surface area (Å²) in [6, 6.07) is 0.923. The predicted octanol–water partition coefficient (Wildman–Crippen LogP) is 3.23. The monoisotopic (exact) mass is 362 g/mol. The van der Waals surface area contributed by atoms with Crippen molar-refractivity contribution in [2.45, 2.75) is 59.3 Å². The van der Waals surface area contributed by atoms with Crippen LogP contribution in [0.2, 0.25) is 25.7 Å². The molecule has 1 aliphatic rings. The van der Waals surface area contributed by atoms with Gasteiger partial charge in [0.25, 0.3) is 0 Å². The summed E-state index contributed by atoms with van der Waals surface area (Å²) in [6.45, 7) is 20.1. The van der Waals surface area contributed by atoms with Crippen LogP contribution in [0.3, 0.4) is 0 Å². The number of hydrogen-bond acceptors (Lipinski definition) is 5. The van der Waals surface area contributed by atoms with Crippen molar-refractivity contribution in [1.82, 2.24) is 9.47 Å². The van der Waals surface area contributed by atoms with Crippen molar-refractivity contribution in [1.29, 1.82) is 0 Å². The second-order valence-corrected chi connectivity index (χ2v) is 14.8. The summed E-state index contributed by atoms with van der Waals surface area (Å²) < 4.78 is 20.5. The molecule has 23 heavy (non-hydrogen) atoms. The molecule has 0 spiro atoms. The van der Waals surface area contributed by atoms with E-state index in [1.807, 2.05) is 20.8 Å². The fourth-order valence-electron chi connectivity index (χ4n) is 3.12. The Morgan fingerprint density at radius 3 is 1.91 bits per heavy atom. The maximum Gasteiger partial charge on any atom is 0.500 e. The molecule has 0 aromatic rings. The summed E-state index contributed by atoms with van der Waals surface area (Å²) >= 11 is 0. The predicted molar refractivity (Wildman–Crippen MR) is 101 cm³/mol. The van der Waals surface area contributed by atoms with Gasteiger partial charge < -0.3 is 17.8 Å². The fraction of sp³-hybridized carbons (Fsp3) is 1.00. The molecule has 0 saturated carbocycles. The van der Waals surface area contributed by atoms with Crippen molar-refractivity contribution in [2.24, 2.45) is 0 Å². The van der Waals surface area contributed by atoms with Crippen molar-refractivity contribution in [3.05, 3.63) is 0 Å². The first kappa shape index (κ1) is 21.3. The highest BCUT2D eigenvalue weighted by atomic mass is 28.4. The van der Waals surface area contributed by atoms with Gasteiger partial charge in [-0.25, -0.2) is 0 Å². The van der Waals surface area contributed by atoms with Crippen LogP contribution in [0, 0.1) is 0 Å². The molecule has 1 rings (SSSR count). The maximum atomic E-state index is 5.95. The second-order valence-electron chi connectivity index (χ2n) is 7.13. The Labute approximate surface area is 145 Å². The lowest BCUT2D eigenvalue weighted by molar-refractivity contribution is 0.0685. The zero-order valence-corrected chi connectivity index (χ0v) is 18.2. The lowest BCUT2D eigenvalue weighted by atomic mass is 10.3. The minimum absolute atomic E-state index is 0.666. The first-order valence-corrected chi connectivity index (χ1v) is 14.6. The van der Waals surface area contributed by atoms with E-state index in [1.54, 1.807) is 0 Å². The number of rotatable bonds is 11. The van der Waals surface area contributed by atoms with E-state index in [4.69, 9.17) is 13.3 Å². The molecule has 0 aromatic heterocycles. The Balaban J connectivity index is 2.48. The zero-order valence-electron chi connectivity index (χ0n) is 16.2. The molecule has 0 aliphatic carbocycles. The molecule has 0 atom stereocenters. The van der Waals surface area contributed by atoms with Crippen molar-refractivity contribution >= 4 is 17.0 Å². The van der Waals surface area contributed by atoms with Crippen LogP contribution in [-0.2, 0) is 13.3 Å². The fourth-order valence-corrected chi connectivity index (χ4v) is 7.17. The van der Waals surface area contributed by atoms with Crippen LogP contribution >= 0.6 is 0 Å². The van der Waals surface area contributed by atoms with Gasteiger partial charge in [0.05, 0.1) is 0 Å². The van der Waals surface area contributed by atoms with Crippen LogP contribution in [0.5, 0.6) is 0 Å². The van der Waals surface area contributed by atoms with Gasteiger partial charge >= 0.3 is 8.80 Å². The first-order chi connectivity index (χ1) is 10.9. The standard InChI is InChI=1S/C16H38N2O3Si2/c1-7-19-23(20-8-2,21-9-3)15-11-13-17-12-10-14-18(16-17)22(4,5)6/h7-16H2,1-6H3. The summed E-state index contributed by atoms with van der Waals surface area (Å²) in [6.07, 6.45) is 2.38. The summed E-state index contributed by atoms with van der Waals surface area (Å²) in [7, 11) is -3.65. The van der Waals surface area contributed by atoms with Crippen LogP contribution in [0.25, 0.3) is 0 Å². The Kier molecular flexibility index (Phi) is 9.51. The molecule has 1 saturated heterocycles. The highest BCUT2D eigenvalue weighted by Gasteiger charge is 2.40. The Morgan fingerprint density at radius 1 is 0.870 bits per heavy atom. The lowest BCUT2D eigenvalue weighted by Crippen LogP contribution is -2.55. The third-order valence-corrected chi connectivity index (χ3v) is 9.69. The van der Waals surface area contributed by atoms with Crippen molar-refractivity contribution in [2.75, 3.05) is 46.1 Å². The summed E-state index contributed by atoms with van der Waals surface area (Å²) in [5.74, 6) is 0. The molecule has 0 unspecified atom stereocenters. The third kappa shape index (κ3) is 7.33. The Hall–Kier alpha value is 0.234. The van der Waals surface area contributed by atoms with Gasteiger partial charge in [0, 0.05) is 39.1 Å². The van der Waals surface area contributed by atoms with Crippen molar-refractivity contribution in [3.8, 4) is 0 Å². The molecule has 138 valence electrons. The molecule has 1 fully saturated rings. The van der Waals surface area contributed by atoms with E-state index in [0.29, 0.717) is 19.8 Å². The molecule has 0 radical (unpaired) electrons. The molecule has 0 amide bonds. The molecule has 5 nitrogen and oxygen atoms in total. The highest BCUT2D eigenvalue weighted by molar-refractivity contribution is 6.73. The first-order valence-electron chi connectivity index (χ1n) is 9.26. The van der Waals surface area contributed by atoms with E-state index < -0.39 is 17.0 Å². The van der Waals surface area contributed by atoms with E-state index in [0.717, 1.165) is 25.7 Å². The second kappa shape index (κ2) is 10.3. The van der Waals surface area contributed by atoms with Crippen molar-refractivity contribution in [3.63, 3.8) is 0 Å². The van der Waals surface area contributed by atoms with Gasteiger partial charge in [-0.15, -0.1) is 0 Å².